The van der Waals surface area contributed by atoms with Crippen LogP contribution in [-0.4, -0.2) is 68.2 Å². The summed E-state index contributed by atoms with van der Waals surface area (Å²) in [6.45, 7) is 11.8. The van der Waals surface area contributed by atoms with Crippen LogP contribution in [0.4, 0.5) is 24.1 Å². The zero-order chi connectivity index (χ0) is 36.5. The van der Waals surface area contributed by atoms with Crippen LogP contribution in [0.25, 0.3) is 33.3 Å². The quantitative estimate of drug-likeness (QED) is 0.220. The Morgan fingerprint density at radius 1 is 0.804 bits per heavy atom. The second-order valence-corrected chi connectivity index (χ2v) is 15.6. The fourth-order valence-electron chi connectivity index (χ4n) is 7.24. The third-order valence-electron chi connectivity index (χ3n) is 9.49. The molecule has 2 aliphatic heterocycles. The molecule has 0 bridgehead atoms. The largest absolute Gasteiger partial charge is 0.444 e. The maximum Gasteiger partial charge on any atom is 0.410 e. The van der Waals surface area contributed by atoms with Crippen LogP contribution in [-0.2, 0) is 20.2 Å². The van der Waals surface area contributed by atoms with Crippen LogP contribution in [0.2, 0.25) is 0 Å². The van der Waals surface area contributed by atoms with Crippen molar-refractivity contribution >= 4 is 34.8 Å². The molecule has 2 N–H and O–H groups in total. The third-order valence-corrected chi connectivity index (χ3v) is 9.49. The SMILES string of the molecule is CC(C)(C)OC(=O)N1CCC[C@@H]1c1nc2ccc(-c3ccc4c(c3)C(F)(F)c3cc(NC(=O)[C@@H]5CCCN5C(=O)OC(C)(C)C)ccc3-4)cc2[nH]1. The Morgan fingerprint density at radius 2 is 1.39 bits per heavy atom. The molecule has 7 rings (SSSR count). The average molecular weight is 700 g/mol. The number of rotatable bonds is 4. The molecule has 2 atom stereocenters. The van der Waals surface area contributed by atoms with Gasteiger partial charge in [0.1, 0.15) is 23.1 Å². The van der Waals surface area contributed by atoms with Gasteiger partial charge < -0.3 is 19.8 Å². The van der Waals surface area contributed by atoms with Gasteiger partial charge in [0.25, 0.3) is 5.92 Å². The first-order valence-corrected chi connectivity index (χ1v) is 17.5. The van der Waals surface area contributed by atoms with E-state index in [0.717, 1.165) is 23.9 Å². The lowest BCUT2D eigenvalue weighted by Crippen LogP contribution is -2.45. The molecule has 10 nitrogen and oxygen atoms in total. The van der Waals surface area contributed by atoms with Crippen LogP contribution in [0.3, 0.4) is 0 Å². The van der Waals surface area contributed by atoms with E-state index in [-0.39, 0.29) is 28.9 Å². The number of carbonyl (C=O) groups is 3. The molecular weight excluding hydrogens is 656 g/mol. The zero-order valence-corrected chi connectivity index (χ0v) is 29.7. The van der Waals surface area contributed by atoms with Crippen molar-refractivity contribution in [3.8, 4) is 22.3 Å². The van der Waals surface area contributed by atoms with Crippen LogP contribution in [0.1, 0.15) is 90.2 Å². The minimum Gasteiger partial charge on any atom is -0.444 e. The number of amides is 3. The van der Waals surface area contributed by atoms with E-state index in [9.17, 15) is 14.4 Å². The van der Waals surface area contributed by atoms with Crippen molar-refractivity contribution in [3.63, 3.8) is 0 Å². The molecule has 0 radical (unpaired) electrons. The molecule has 51 heavy (non-hydrogen) atoms. The lowest BCUT2D eigenvalue weighted by Gasteiger charge is -2.28. The Balaban J connectivity index is 1.10. The summed E-state index contributed by atoms with van der Waals surface area (Å²) in [5.41, 5.74) is 2.24. The van der Waals surface area contributed by atoms with Gasteiger partial charge in [-0.2, -0.15) is 8.78 Å². The summed E-state index contributed by atoms with van der Waals surface area (Å²) in [4.78, 5) is 50.1. The van der Waals surface area contributed by atoms with E-state index in [0.29, 0.717) is 54.0 Å². The first-order chi connectivity index (χ1) is 24.0. The normalized spacial score (nSPS) is 19.6. The number of H-pyrrole nitrogens is 1. The number of alkyl halides is 2. The molecule has 3 amide bonds. The van der Waals surface area contributed by atoms with Gasteiger partial charge in [0.15, 0.2) is 0 Å². The average Bonchev–Trinajstić information content (AvgIpc) is 3.84. The van der Waals surface area contributed by atoms with Crippen molar-refractivity contribution in [2.45, 2.75) is 96.4 Å². The number of nitrogens with one attached hydrogen (secondary N) is 2. The van der Waals surface area contributed by atoms with E-state index >= 15 is 8.78 Å². The second-order valence-electron chi connectivity index (χ2n) is 15.6. The van der Waals surface area contributed by atoms with Gasteiger partial charge in [-0.15, -0.1) is 0 Å². The monoisotopic (exact) mass is 699 g/mol. The number of fused-ring (bicyclic) bond motifs is 4. The lowest BCUT2D eigenvalue weighted by atomic mass is 9.98. The molecular formula is C39H43F2N5O5. The van der Waals surface area contributed by atoms with Crippen LogP contribution in [0, 0.1) is 0 Å². The third kappa shape index (κ3) is 6.63. The molecule has 0 spiro atoms. The predicted molar refractivity (Wildman–Crippen MR) is 189 cm³/mol. The molecule has 2 fully saturated rings. The van der Waals surface area contributed by atoms with Crippen LogP contribution in [0.15, 0.2) is 54.6 Å². The first-order valence-electron chi connectivity index (χ1n) is 17.5. The molecule has 1 aliphatic carbocycles. The van der Waals surface area contributed by atoms with Crippen molar-refractivity contribution in [2.24, 2.45) is 0 Å². The molecule has 12 heteroatoms. The Morgan fingerprint density at radius 3 is 2.10 bits per heavy atom. The van der Waals surface area contributed by atoms with Gasteiger partial charge in [-0.05, 0) is 120 Å². The Kier molecular flexibility index (Phi) is 8.34. The molecule has 0 unspecified atom stereocenters. The summed E-state index contributed by atoms with van der Waals surface area (Å²) in [6.07, 6.45) is 1.73. The molecule has 3 aliphatic rings. The van der Waals surface area contributed by atoms with Gasteiger partial charge in [0.2, 0.25) is 5.91 Å². The molecule has 2 saturated heterocycles. The fourth-order valence-corrected chi connectivity index (χ4v) is 7.24. The zero-order valence-electron chi connectivity index (χ0n) is 29.7. The van der Waals surface area contributed by atoms with Gasteiger partial charge >= 0.3 is 12.2 Å². The minimum absolute atomic E-state index is 0.116. The van der Waals surface area contributed by atoms with Gasteiger partial charge in [-0.3, -0.25) is 14.6 Å². The highest BCUT2D eigenvalue weighted by Gasteiger charge is 2.45. The number of likely N-dealkylation sites (tertiary alicyclic amines) is 2. The van der Waals surface area contributed by atoms with E-state index in [4.69, 9.17) is 14.5 Å². The summed E-state index contributed by atoms with van der Waals surface area (Å²) in [5, 5.41) is 2.76. The molecule has 3 heterocycles. The lowest BCUT2D eigenvalue weighted by molar-refractivity contribution is -0.120. The number of carbonyl (C=O) groups excluding carboxylic acids is 3. The second kappa shape index (κ2) is 12.3. The highest BCUT2D eigenvalue weighted by Crippen LogP contribution is 2.52. The molecule has 4 aromatic rings. The van der Waals surface area contributed by atoms with E-state index < -0.39 is 35.2 Å². The molecule has 268 valence electrons. The van der Waals surface area contributed by atoms with Gasteiger partial charge in [-0.25, -0.2) is 14.6 Å². The topological polar surface area (TPSA) is 117 Å². The highest BCUT2D eigenvalue weighted by atomic mass is 19.3. The first kappa shape index (κ1) is 34.4. The fraction of sp³-hybridized carbons (Fsp3) is 0.436. The minimum atomic E-state index is -3.31. The van der Waals surface area contributed by atoms with Crippen LogP contribution >= 0.6 is 0 Å². The standard InChI is InChI=1S/C39H43F2N5O5/c1-37(2,3)50-35(48)45-17-7-9-31(45)33-43-29-16-12-23(20-30(29)44-33)22-11-14-25-26-15-13-24(21-28(26)39(40,41)27(25)19-22)42-34(47)32-10-8-18-46(32)36(49)51-38(4,5)6/h11-16,19-21,31-32H,7-10,17-18H2,1-6H3,(H,42,47)(H,43,44)/t31-,32+/m1/s1. The van der Waals surface area contributed by atoms with E-state index in [1.165, 1.54) is 17.0 Å². The van der Waals surface area contributed by atoms with Crippen molar-refractivity contribution < 1.29 is 32.6 Å². The Hall–Kier alpha value is -5.00. The number of ether oxygens (including phenoxy) is 2. The predicted octanol–water partition coefficient (Wildman–Crippen LogP) is 8.76. The summed E-state index contributed by atoms with van der Waals surface area (Å²) in [5.74, 6) is -3.09. The summed E-state index contributed by atoms with van der Waals surface area (Å²) in [7, 11) is 0. The Labute approximate surface area is 295 Å². The van der Waals surface area contributed by atoms with Gasteiger partial charge in [0.05, 0.1) is 17.1 Å². The van der Waals surface area contributed by atoms with Gasteiger partial charge in [0, 0.05) is 29.9 Å². The number of hydrogen-bond acceptors (Lipinski definition) is 6. The highest BCUT2D eigenvalue weighted by molar-refractivity contribution is 5.98. The number of anilines is 1. The number of benzene rings is 3. The number of aromatic nitrogens is 2. The van der Waals surface area contributed by atoms with Crippen molar-refractivity contribution in [1.29, 1.82) is 0 Å². The Bertz CT molecular complexity index is 2050. The smallest absolute Gasteiger partial charge is 0.410 e. The van der Waals surface area contributed by atoms with Crippen molar-refractivity contribution in [3.05, 3.63) is 71.5 Å². The van der Waals surface area contributed by atoms with E-state index in [2.05, 4.69) is 10.3 Å². The summed E-state index contributed by atoms with van der Waals surface area (Å²) < 4.78 is 43.4. The van der Waals surface area contributed by atoms with Gasteiger partial charge in [-0.1, -0.05) is 24.3 Å². The van der Waals surface area contributed by atoms with Crippen LogP contribution < -0.4 is 5.32 Å². The van der Waals surface area contributed by atoms with Crippen LogP contribution in [0.5, 0.6) is 0 Å². The number of halogens is 2. The molecule has 3 aromatic carbocycles. The number of aromatic amines is 1. The maximum absolute atomic E-state index is 16.2. The maximum atomic E-state index is 16.2. The molecule has 1 aromatic heterocycles. The summed E-state index contributed by atoms with van der Waals surface area (Å²) >= 11 is 0. The molecule has 0 saturated carbocycles. The summed E-state index contributed by atoms with van der Waals surface area (Å²) in [6, 6.07) is 14.2. The van der Waals surface area contributed by atoms with E-state index in [1.807, 2.05) is 45.0 Å². The number of imidazole rings is 1. The van der Waals surface area contributed by atoms with E-state index in [1.54, 1.807) is 43.9 Å². The van der Waals surface area contributed by atoms with Crippen molar-refractivity contribution in [2.75, 3.05) is 18.4 Å². The number of nitrogens with zero attached hydrogens (tertiary/aromatic N) is 3. The number of hydrogen-bond donors (Lipinski definition) is 2. The van der Waals surface area contributed by atoms with Crippen molar-refractivity contribution in [1.82, 2.24) is 19.8 Å².